The lowest BCUT2D eigenvalue weighted by Crippen LogP contribution is -2.55. The lowest BCUT2D eigenvalue weighted by atomic mass is 9.53. The molecule has 0 N–H and O–H groups in total. The second-order valence-corrected chi connectivity index (χ2v) is 11.3. The number of carbonyl (C=O) groups excluding carboxylic acids is 1. The minimum Gasteiger partial charge on any atom is -0.462 e. The van der Waals surface area contributed by atoms with Crippen LogP contribution in [0.25, 0.3) is 0 Å². The molecular formula is C25H33ClN2O3. The highest BCUT2D eigenvalue weighted by molar-refractivity contribution is 6.30. The SMILES string of the molecule is C[C@H]1CCC[C@]2(C)C[C@H]3OC(=O)[C@@H](CN4CCN(c5cccc(Cl)c5)CC4)[C@H]3[C@@H]3O[C@@]132. The average molecular weight is 445 g/mol. The molecule has 2 aliphatic carbocycles. The van der Waals surface area contributed by atoms with Crippen molar-refractivity contribution in [3.63, 3.8) is 0 Å². The van der Waals surface area contributed by atoms with Crippen LogP contribution in [0.3, 0.4) is 0 Å². The van der Waals surface area contributed by atoms with Crippen LogP contribution < -0.4 is 4.90 Å². The highest BCUT2D eigenvalue weighted by Gasteiger charge is 2.78. The predicted octanol–water partition coefficient (Wildman–Crippen LogP) is 3.99. The quantitative estimate of drug-likeness (QED) is 0.521. The van der Waals surface area contributed by atoms with Crippen molar-refractivity contribution in [2.45, 2.75) is 57.3 Å². The van der Waals surface area contributed by atoms with Gasteiger partial charge in [-0.25, -0.2) is 0 Å². The Bertz CT molecular complexity index is 887. The van der Waals surface area contributed by atoms with Crippen molar-refractivity contribution in [1.82, 2.24) is 4.90 Å². The molecule has 0 radical (unpaired) electrons. The van der Waals surface area contributed by atoms with E-state index in [2.05, 4.69) is 29.7 Å². The third kappa shape index (κ3) is 2.99. The third-order valence-corrected chi connectivity index (χ3v) is 9.43. The molecule has 2 saturated carbocycles. The Balaban J connectivity index is 1.14. The zero-order valence-corrected chi connectivity index (χ0v) is 19.3. The summed E-state index contributed by atoms with van der Waals surface area (Å²) in [6.07, 6.45) is 4.93. The number of rotatable bonds is 3. The van der Waals surface area contributed by atoms with E-state index in [0.717, 1.165) is 44.2 Å². The van der Waals surface area contributed by atoms with E-state index in [1.165, 1.54) is 24.9 Å². The molecule has 5 nitrogen and oxygen atoms in total. The summed E-state index contributed by atoms with van der Waals surface area (Å²) in [7, 11) is 0. The van der Waals surface area contributed by atoms with Gasteiger partial charge >= 0.3 is 5.97 Å². The van der Waals surface area contributed by atoms with Crippen molar-refractivity contribution in [3.05, 3.63) is 29.3 Å². The second-order valence-electron chi connectivity index (χ2n) is 10.8. The van der Waals surface area contributed by atoms with Crippen molar-refractivity contribution in [3.8, 4) is 0 Å². The van der Waals surface area contributed by atoms with Crippen LogP contribution in [0.4, 0.5) is 5.69 Å². The normalized spacial score (nSPS) is 44.3. The van der Waals surface area contributed by atoms with E-state index in [4.69, 9.17) is 21.1 Å². The number of hydrogen-bond donors (Lipinski definition) is 0. The summed E-state index contributed by atoms with van der Waals surface area (Å²) in [6.45, 7) is 9.36. The molecule has 1 aromatic carbocycles. The number of carbonyl (C=O) groups is 1. The molecule has 31 heavy (non-hydrogen) atoms. The van der Waals surface area contributed by atoms with Gasteiger partial charge in [0, 0.05) is 54.8 Å². The van der Waals surface area contributed by atoms with Gasteiger partial charge in [0.15, 0.2) is 0 Å². The maximum Gasteiger partial charge on any atom is 0.311 e. The molecule has 3 saturated heterocycles. The minimum atomic E-state index is -0.0502. The zero-order chi connectivity index (χ0) is 21.4. The van der Waals surface area contributed by atoms with Gasteiger partial charge in [-0.15, -0.1) is 0 Å². The van der Waals surface area contributed by atoms with Gasteiger partial charge < -0.3 is 14.4 Å². The highest BCUT2D eigenvalue weighted by atomic mass is 35.5. The van der Waals surface area contributed by atoms with Crippen molar-refractivity contribution >= 4 is 23.3 Å². The fourth-order valence-electron chi connectivity index (χ4n) is 7.58. The summed E-state index contributed by atoms with van der Waals surface area (Å²) in [4.78, 5) is 17.8. The maximum absolute atomic E-state index is 13.0. The molecule has 0 unspecified atom stereocenters. The topological polar surface area (TPSA) is 45.3 Å². The van der Waals surface area contributed by atoms with Crippen LogP contribution in [-0.2, 0) is 14.3 Å². The first-order chi connectivity index (χ1) is 14.9. The maximum atomic E-state index is 13.0. The monoisotopic (exact) mass is 444 g/mol. The molecule has 1 aromatic rings. The average Bonchev–Trinajstić information content (AvgIpc) is 3.43. The predicted molar refractivity (Wildman–Crippen MR) is 120 cm³/mol. The van der Waals surface area contributed by atoms with Crippen molar-refractivity contribution in [2.24, 2.45) is 23.2 Å². The van der Waals surface area contributed by atoms with Crippen LogP contribution in [-0.4, -0.2) is 61.4 Å². The van der Waals surface area contributed by atoms with Gasteiger partial charge in [-0.2, -0.15) is 0 Å². The van der Waals surface area contributed by atoms with Gasteiger partial charge in [-0.3, -0.25) is 9.69 Å². The Morgan fingerprint density at radius 1 is 1.23 bits per heavy atom. The van der Waals surface area contributed by atoms with Crippen LogP contribution >= 0.6 is 11.6 Å². The molecule has 3 aliphatic heterocycles. The Hall–Kier alpha value is -1.30. The van der Waals surface area contributed by atoms with Crippen molar-refractivity contribution in [1.29, 1.82) is 0 Å². The summed E-state index contributed by atoms with van der Waals surface area (Å²) >= 11 is 6.17. The Morgan fingerprint density at radius 2 is 2.03 bits per heavy atom. The van der Waals surface area contributed by atoms with Crippen LogP contribution in [0.2, 0.25) is 5.02 Å². The van der Waals surface area contributed by atoms with E-state index < -0.39 is 0 Å². The number of benzene rings is 1. The molecule has 0 amide bonds. The third-order valence-electron chi connectivity index (χ3n) is 9.19. The molecule has 5 fully saturated rings. The van der Waals surface area contributed by atoms with Crippen molar-refractivity contribution < 1.29 is 14.3 Å². The van der Waals surface area contributed by atoms with E-state index in [9.17, 15) is 4.79 Å². The number of ether oxygens (including phenoxy) is 2. The summed E-state index contributed by atoms with van der Waals surface area (Å²) < 4.78 is 12.6. The lowest BCUT2D eigenvalue weighted by molar-refractivity contribution is -0.146. The number of esters is 1. The van der Waals surface area contributed by atoms with Crippen LogP contribution in [0.1, 0.15) is 39.5 Å². The van der Waals surface area contributed by atoms with Crippen LogP contribution in [0.15, 0.2) is 24.3 Å². The number of halogens is 1. The molecule has 6 rings (SSSR count). The smallest absolute Gasteiger partial charge is 0.311 e. The van der Waals surface area contributed by atoms with Gasteiger partial charge in [-0.1, -0.05) is 37.9 Å². The number of fused-ring (bicyclic) bond motifs is 2. The van der Waals surface area contributed by atoms with Gasteiger partial charge in [0.05, 0.1) is 12.0 Å². The zero-order valence-electron chi connectivity index (χ0n) is 18.6. The Kier molecular flexibility index (Phi) is 4.65. The molecule has 0 bridgehead atoms. The lowest BCUT2D eigenvalue weighted by Gasteiger charge is -2.49. The number of epoxide rings is 1. The second kappa shape index (κ2) is 7.10. The number of anilines is 1. The number of piperazine rings is 1. The summed E-state index contributed by atoms with van der Waals surface area (Å²) in [6, 6.07) is 8.07. The molecule has 3 heterocycles. The fraction of sp³-hybridized carbons (Fsp3) is 0.720. The summed E-state index contributed by atoms with van der Waals surface area (Å²) in [5.41, 5.74) is 1.33. The minimum absolute atomic E-state index is 0.00724. The highest BCUT2D eigenvalue weighted by Crippen LogP contribution is 2.70. The summed E-state index contributed by atoms with van der Waals surface area (Å²) in [5, 5.41) is 0.777. The molecule has 0 aromatic heterocycles. The molecule has 5 aliphatic rings. The van der Waals surface area contributed by atoms with Crippen molar-refractivity contribution in [2.75, 3.05) is 37.6 Å². The van der Waals surface area contributed by atoms with E-state index in [1.54, 1.807) is 0 Å². The van der Waals surface area contributed by atoms with E-state index in [-0.39, 0.29) is 41.0 Å². The largest absolute Gasteiger partial charge is 0.462 e. The number of hydrogen-bond acceptors (Lipinski definition) is 5. The molecular weight excluding hydrogens is 412 g/mol. The first-order valence-electron chi connectivity index (χ1n) is 12.0. The standard InChI is InChI=1S/C25H33ClN2O3/c1-16-5-4-8-24(2)14-20-21(22-25(16,24)31-22)19(23(29)30-20)15-27-9-11-28(12-10-27)18-7-3-6-17(26)13-18/h3,6-7,13,16,19-22H,4-5,8-12,14-15H2,1-2H3/t16-,19-,20+,21+,22-,24+,25-/m0/s1. The van der Waals surface area contributed by atoms with Gasteiger partial charge in [0.1, 0.15) is 11.7 Å². The molecule has 1 spiro atoms. The first-order valence-corrected chi connectivity index (χ1v) is 12.4. The van der Waals surface area contributed by atoms with Gasteiger partial charge in [-0.05, 0) is 43.4 Å². The Labute approximate surface area is 190 Å². The molecule has 168 valence electrons. The van der Waals surface area contributed by atoms with E-state index >= 15 is 0 Å². The van der Waals surface area contributed by atoms with Gasteiger partial charge in [0.25, 0.3) is 0 Å². The first kappa shape index (κ1) is 20.3. The molecule has 6 heteroatoms. The van der Waals surface area contributed by atoms with Gasteiger partial charge in [0.2, 0.25) is 0 Å². The van der Waals surface area contributed by atoms with E-state index in [0.29, 0.717) is 5.92 Å². The molecule has 7 atom stereocenters. The van der Waals surface area contributed by atoms with E-state index in [1.807, 2.05) is 18.2 Å². The summed E-state index contributed by atoms with van der Waals surface area (Å²) in [5.74, 6) is 0.764. The fourth-order valence-corrected chi connectivity index (χ4v) is 7.77. The number of nitrogens with zero attached hydrogens (tertiary/aromatic N) is 2. The Morgan fingerprint density at radius 3 is 2.81 bits per heavy atom. The van der Waals surface area contributed by atoms with Crippen LogP contribution in [0.5, 0.6) is 0 Å². The van der Waals surface area contributed by atoms with Crippen LogP contribution in [0, 0.1) is 23.2 Å².